The van der Waals surface area contributed by atoms with Gasteiger partial charge in [0.15, 0.2) is 11.5 Å². The van der Waals surface area contributed by atoms with Crippen LogP contribution < -0.4 is 63.0 Å². The summed E-state index contributed by atoms with van der Waals surface area (Å²) < 4.78 is 8.56. The van der Waals surface area contributed by atoms with Crippen LogP contribution in [-0.2, 0) is 40.0 Å². The number of piperidine rings is 6. The van der Waals surface area contributed by atoms with Crippen molar-refractivity contribution >= 4 is 134 Å². The van der Waals surface area contributed by atoms with Gasteiger partial charge in [0.2, 0.25) is 35.4 Å². The molecule has 6 unspecified atom stereocenters. The molecule has 0 saturated carbocycles. The Kier molecular flexibility index (Phi) is 24.0. The van der Waals surface area contributed by atoms with E-state index in [1.165, 1.54) is 23.1 Å². The molecule has 113 heavy (non-hydrogen) atoms. The van der Waals surface area contributed by atoms with Crippen molar-refractivity contribution in [2.45, 2.75) is 134 Å². The molecule has 36 heteroatoms. The number of aldehydes is 1. The lowest BCUT2D eigenvalue weighted by Crippen LogP contribution is -2.54. The molecular formula is C77H91N21O13S2. The van der Waals surface area contributed by atoms with E-state index in [0.717, 1.165) is 172 Å². The van der Waals surface area contributed by atoms with Crippen LogP contribution in [0.5, 0.6) is 0 Å². The Morgan fingerprint density at radius 3 is 1.60 bits per heavy atom. The Balaban J connectivity index is 0.000000156. The van der Waals surface area contributed by atoms with Crippen LogP contribution in [0.15, 0.2) is 60.9 Å². The average molecular weight is 1580 g/mol. The largest absolute Gasteiger partial charge is 0.371 e. The van der Waals surface area contributed by atoms with Crippen LogP contribution in [0.2, 0.25) is 0 Å². The average Bonchev–Trinajstić information content (AvgIpc) is 1.61. The quantitative estimate of drug-likeness (QED) is 0.0427. The molecule has 0 aliphatic carbocycles. The molecule has 0 bridgehead atoms. The lowest BCUT2D eigenvalue weighted by atomic mass is 9.95. The first-order chi connectivity index (χ1) is 54.5. The van der Waals surface area contributed by atoms with Gasteiger partial charge in [0.1, 0.15) is 40.7 Å². The van der Waals surface area contributed by atoms with Gasteiger partial charge < -0.3 is 62.0 Å². The molecule has 0 spiro atoms. The summed E-state index contributed by atoms with van der Waals surface area (Å²) in [7, 11) is 0. The number of nitrogens with zero attached hydrogens (tertiary/aromatic N) is 13. The van der Waals surface area contributed by atoms with E-state index in [2.05, 4.69) is 75.1 Å². The van der Waals surface area contributed by atoms with Crippen LogP contribution >= 0.6 is 23.1 Å². The van der Waals surface area contributed by atoms with Crippen LogP contribution in [0.1, 0.15) is 174 Å². The number of fused-ring (bicyclic) bond motifs is 2. The summed E-state index contributed by atoms with van der Waals surface area (Å²) in [6.07, 6.45) is 13.8. The first-order valence-corrected chi connectivity index (χ1v) is 40.2. The number of nitrogens with one attached hydrogen (secondary N) is 6. The number of hydrogen-bond acceptors (Lipinski definition) is 28. The maximum absolute atomic E-state index is 13.5. The van der Waals surface area contributed by atoms with Gasteiger partial charge in [0.25, 0.3) is 35.4 Å². The zero-order valence-electron chi connectivity index (χ0n) is 62.9. The molecule has 594 valence electrons. The summed E-state index contributed by atoms with van der Waals surface area (Å²) in [5, 5.41) is 18.0. The van der Waals surface area contributed by atoms with E-state index in [4.69, 9.17) is 21.4 Å². The summed E-state index contributed by atoms with van der Waals surface area (Å²) in [6.45, 7) is 13.8. The molecule has 34 nitrogen and oxygen atoms in total. The van der Waals surface area contributed by atoms with Crippen LogP contribution in [0, 0.1) is 37.5 Å². The number of benzene rings is 2. The van der Waals surface area contributed by atoms with Gasteiger partial charge in [-0.3, -0.25) is 78.0 Å². The lowest BCUT2D eigenvalue weighted by Gasteiger charge is -2.35. The fraction of sp³-hybridized carbons (Fsp3) is 0.494. The summed E-state index contributed by atoms with van der Waals surface area (Å²) in [5.74, 6) is -2.98. The van der Waals surface area contributed by atoms with Crippen molar-refractivity contribution in [2.24, 2.45) is 35.1 Å². The Bertz CT molecular complexity index is 4740. The molecule has 4 aromatic heterocycles. The molecule has 12 amide bonds. The normalized spacial score (nSPS) is 22.9. The number of anilines is 6. The second-order valence-electron chi connectivity index (χ2n) is 30.5. The van der Waals surface area contributed by atoms with E-state index in [1.54, 1.807) is 42.7 Å². The zero-order chi connectivity index (χ0) is 79.3. The molecule has 8 saturated heterocycles. The number of primary amides is 2. The first-order valence-electron chi connectivity index (χ1n) is 38.6. The molecule has 6 atom stereocenters. The van der Waals surface area contributed by atoms with Crippen molar-refractivity contribution in [1.82, 2.24) is 70.0 Å². The predicted octanol–water partition coefficient (Wildman–Crippen LogP) is 2.94. The number of amides is 12. The Morgan fingerprint density at radius 1 is 0.558 bits per heavy atom. The number of hydrogen-bond donors (Lipinski definition) is 8. The highest BCUT2D eigenvalue weighted by molar-refractivity contribution is 7.10. The monoisotopic (exact) mass is 1580 g/mol. The Hall–Kier alpha value is -11.1. The second kappa shape index (κ2) is 34.5. The Labute approximate surface area is 659 Å². The van der Waals surface area contributed by atoms with Crippen molar-refractivity contribution < 1.29 is 62.3 Å². The predicted molar refractivity (Wildman–Crippen MR) is 415 cm³/mol. The molecule has 2 aromatic carbocycles. The molecule has 8 fully saturated rings. The Morgan fingerprint density at radius 2 is 1.09 bits per heavy atom. The highest BCUT2D eigenvalue weighted by Crippen LogP contribution is 2.36. The van der Waals surface area contributed by atoms with E-state index >= 15 is 0 Å². The van der Waals surface area contributed by atoms with E-state index in [1.807, 2.05) is 32.0 Å². The first kappa shape index (κ1) is 78.6. The van der Waals surface area contributed by atoms with Gasteiger partial charge in [0.05, 0.1) is 63.6 Å². The maximum Gasteiger partial charge on any atom is 0.271 e. The number of imide groups is 4. The number of likely N-dealkylation sites (tertiary alicyclic amines) is 1. The number of rotatable bonds is 19. The van der Waals surface area contributed by atoms with Gasteiger partial charge in [-0.2, -0.15) is 8.75 Å². The number of carbonyl (C=O) groups excluding carboxylic acids is 13. The van der Waals surface area contributed by atoms with Crippen molar-refractivity contribution in [2.75, 3.05) is 110 Å². The molecule has 14 heterocycles. The zero-order valence-corrected chi connectivity index (χ0v) is 64.5. The third kappa shape index (κ3) is 17.9. The van der Waals surface area contributed by atoms with Crippen LogP contribution in [0.3, 0.4) is 0 Å². The van der Waals surface area contributed by atoms with Gasteiger partial charge in [0, 0.05) is 126 Å². The van der Waals surface area contributed by atoms with E-state index in [-0.39, 0.29) is 101 Å². The molecule has 0 radical (unpaired) electrons. The SMILES string of the molecule is Cc1cc(Cc2nc(N3CCCC(NC(=O)C4CCNC4)C3)cnc2C(N)=O)sn1.Cc1cc(Nc2nc(N3CCCC(NC(=O)C4CCN(CC5CCN(c6ccc7c(c6)C(=O)N(C6CCC(=O)NC6=O)C7=O)CC5)C4)C3)cnc2C(N)=O)sn1.O=CC1CCN(c2ccc3c(c2)C(=O)N(C2CCC(=O)NC2=O)C3=O)CC1. The number of carbonyl (C=O) groups is 13. The summed E-state index contributed by atoms with van der Waals surface area (Å²) in [6, 6.07) is 12.3. The summed E-state index contributed by atoms with van der Waals surface area (Å²) >= 11 is 2.65. The minimum absolute atomic E-state index is 0.0408. The van der Waals surface area contributed by atoms with Crippen LogP contribution in [0.4, 0.5) is 33.8 Å². The van der Waals surface area contributed by atoms with Crippen LogP contribution in [-0.4, -0.2) is 230 Å². The van der Waals surface area contributed by atoms with Gasteiger partial charge in [-0.1, -0.05) is 0 Å². The topological polar surface area (TPSA) is 446 Å². The third-order valence-corrected chi connectivity index (χ3v) is 24.3. The standard InChI is InChI=1S/C38H45N11O6S.C20H27N7O2S.C19H19N3O5/c1-21-15-31(56-45-21)44-34-32(33(39)51)40-17-29(42-34)48-11-2-3-24(20-48)41-35(52)23-10-12-46(19-23)18-22-8-13-47(14-9-22)25-4-5-26-27(16-25)38(55)49(37(26)54)28-6-7-30(50)43-36(28)53;1-12-7-15(30-26-12)8-16-18(19(21)28)23-10-17(25-16)27-6-2-3-14(11-27)24-20(29)13-4-5-22-9-13;23-10-11-5-7-21(8-6-11)12-1-2-13-14(9-12)19(27)22(18(13)26)15-3-4-16(24)20-17(15)25/h4-5,15-17,22-24,28H,2-3,6-14,18-20H2,1H3,(H2,39,51)(H,41,52)(H,42,44)(H,43,50,53);7,10,13-14,22H,2-6,8-9,11H2,1H3,(H2,21,28)(H,24,29);1-2,9-11,15H,3-8H2,(H,20,24,25). The van der Waals surface area contributed by atoms with Gasteiger partial charge >= 0.3 is 0 Å². The number of aromatic nitrogens is 6. The van der Waals surface area contributed by atoms with Gasteiger partial charge in [-0.25, -0.2) is 19.9 Å². The molecular weight excluding hydrogens is 1490 g/mol. The smallest absolute Gasteiger partial charge is 0.271 e. The highest BCUT2D eigenvalue weighted by Gasteiger charge is 2.47. The molecule has 16 rings (SSSR count). The fourth-order valence-corrected chi connectivity index (χ4v) is 18.0. The van der Waals surface area contributed by atoms with E-state index < -0.39 is 71.2 Å². The van der Waals surface area contributed by atoms with Gasteiger partial charge in [-0.05, 0) is 182 Å². The molecule has 6 aromatic rings. The molecule has 10 aliphatic rings. The summed E-state index contributed by atoms with van der Waals surface area (Å²) in [4.78, 5) is 192. The third-order valence-electron chi connectivity index (χ3n) is 22.6. The maximum atomic E-state index is 13.5. The number of aryl methyl sites for hydroxylation is 2. The van der Waals surface area contributed by atoms with E-state index in [9.17, 15) is 62.3 Å². The minimum atomic E-state index is -0.986. The fourth-order valence-electron chi connectivity index (χ4n) is 16.6. The lowest BCUT2D eigenvalue weighted by molar-refractivity contribution is -0.137. The second-order valence-corrected chi connectivity index (χ2v) is 32.2. The summed E-state index contributed by atoms with van der Waals surface area (Å²) in [5.41, 5.74) is 16.5. The van der Waals surface area contributed by atoms with Crippen molar-refractivity contribution in [3.63, 3.8) is 0 Å². The van der Waals surface area contributed by atoms with Crippen molar-refractivity contribution in [3.8, 4) is 0 Å². The molecule has 10 aliphatic heterocycles. The van der Waals surface area contributed by atoms with Crippen molar-refractivity contribution in [1.29, 1.82) is 0 Å². The van der Waals surface area contributed by atoms with Gasteiger partial charge in [-0.15, -0.1) is 0 Å². The van der Waals surface area contributed by atoms with Crippen molar-refractivity contribution in [3.05, 3.63) is 117 Å². The highest BCUT2D eigenvalue weighted by atomic mass is 32.1. The van der Waals surface area contributed by atoms with Crippen LogP contribution in [0.25, 0.3) is 0 Å². The van der Waals surface area contributed by atoms with E-state index in [0.29, 0.717) is 61.4 Å². The minimum Gasteiger partial charge on any atom is -0.371 e. The molecule has 10 N–H and O–H groups in total. The number of nitrogens with two attached hydrogens (primary N) is 2.